The van der Waals surface area contributed by atoms with Crippen molar-refractivity contribution in [3.05, 3.63) is 161 Å². The average Bonchev–Trinajstić information content (AvgIpc) is 0.774. The molecule has 7 saturated carbocycles. The van der Waals surface area contributed by atoms with Gasteiger partial charge in [0.15, 0.2) is 34.0 Å². The van der Waals surface area contributed by atoms with Crippen molar-refractivity contribution < 1.29 is 84.5 Å². The van der Waals surface area contributed by atoms with E-state index in [0.29, 0.717) is 161 Å². The largest absolute Gasteiger partial charge is 0.481 e. The number of carboxylic acid groups (broad SMARTS) is 2. The topological polar surface area (TPSA) is 301 Å². The second-order valence-corrected chi connectivity index (χ2v) is 39.6. The van der Waals surface area contributed by atoms with Gasteiger partial charge in [-0.2, -0.15) is 0 Å². The van der Waals surface area contributed by atoms with Crippen molar-refractivity contribution in [1.82, 2.24) is 44.4 Å². The van der Waals surface area contributed by atoms with Crippen LogP contribution in [0, 0.1) is 50.9 Å². The zero-order valence-corrected chi connectivity index (χ0v) is 70.9. The molecule has 3 saturated heterocycles. The first-order valence-corrected chi connectivity index (χ1v) is 41.1. The molecule has 4 bridgehead atoms. The van der Waals surface area contributed by atoms with Crippen LogP contribution in [-0.4, -0.2) is 191 Å². The third-order valence-corrected chi connectivity index (χ3v) is 26.1. The number of pyridine rings is 3. The molecular weight excluding hydrogens is 1540 g/mol. The van der Waals surface area contributed by atoms with Crippen LogP contribution in [0.25, 0.3) is 67.1 Å². The Labute approximate surface area is 694 Å². The van der Waals surface area contributed by atoms with E-state index in [0.717, 1.165) is 33.4 Å². The van der Waals surface area contributed by atoms with Crippen LogP contribution in [0.5, 0.6) is 0 Å². The van der Waals surface area contributed by atoms with Crippen molar-refractivity contribution in [1.29, 1.82) is 0 Å². The number of nitrogens with zero attached hydrogens (tertiary/aromatic N) is 9. The second kappa shape index (κ2) is 29.3. The molecule has 0 atom stereocenters. The molecule has 2 N–H and O–H groups in total. The Kier molecular flexibility index (Phi) is 20.5. The minimum absolute atomic E-state index is 0.00637. The molecule has 24 nitrogen and oxygen atoms in total. The summed E-state index contributed by atoms with van der Waals surface area (Å²) in [5, 5.41) is 18.6. The number of hydrogen-bond acceptors (Lipinski definition) is 16. The number of piperazine rings is 3. The van der Waals surface area contributed by atoms with E-state index in [9.17, 15) is 61.4 Å². The molecule has 10 fully saturated rings. The van der Waals surface area contributed by atoms with Crippen molar-refractivity contribution in [3.63, 3.8) is 0 Å². The first kappa shape index (κ1) is 83.8. The number of carbonyl (C=O) groups excluding carboxylic acids is 7. The molecule has 3 aromatic carbocycles. The standard InChI is InChI=1S/C32H36FN3O5.C31H34FN3O5.C30H34FN3O5/c1-29(2,3)21-13-22(19-7-9-20(33)10-8-19)34-23-14-24(41-25(21)23)26(37)36-12-11-35(18-30(36,4)5)27(38)31-15-32(16-31,17-31)28(39)40-6;1-28(2,3)20-12-21(18-6-8-19(32)9-7-18)33-22-13-23(40-24(20)22)25(36)35-11-10-34(17-29(35,4)5)26(37)30-14-31(15-30,16-30)27(38)39;1-29(2,3)21-14-22(17-6-8-20(31)9-7-17)32-23-15-24(39-25(21)23)27(36)34-11-10-33(16-30(34,4)5)26(35)18-12-19(13-18)28(37)38/h7-10,13-14H,11-12,15-18H2,1-6H3;6-9,12-13H,10-11,14-17H2,1-5H3,(H,38,39);6-9,14-15,18-19H,10-13,16H2,1-5H3,(H,37,38). The lowest BCUT2D eigenvalue weighted by Crippen LogP contribution is -2.73. The molecule has 120 heavy (non-hydrogen) atoms. The van der Waals surface area contributed by atoms with Gasteiger partial charge in [-0.05, 0) is 200 Å². The summed E-state index contributed by atoms with van der Waals surface area (Å²) < 4.78 is 64.1. The summed E-state index contributed by atoms with van der Waals surface area (Å²) in [4.78, 5) is 141. The normalized spacial score (nSPS) is 23.8. The number of rotatable bonds is 12. The fourth-order valence-electron chi connectivity index (χ4n) is 19.5. The molecule has 6 aromatic heterocycles. The maximum Gasteiger partial charge on any atom is 0.311 e. The van der Waals surface area contributed by atoms with Gasteiger partial charge in [-0.3, -0.25) is 43.2 Å². The highest BCUT2D eigenvalue weighted by atomic mass is 19.1. The van der Waals surface area contributed by atoms with Crippen LogP contribution in [0.2, 0.25) is 0 Å². The highest BCUT2D eigenvalue weighted by molar-refractivity contribution is 6.01. The summed E-state index contributed by atoms with van der Waals surface area (Å²) in [7, 11) is 1.39. The van der Waals surface area contributed by atoms with E-state index in [-0.39, 0.29) is 98.3 Å². The van der Waals surface area contributed by atoms with Gasteiger partial charge in [0, 0.05) is 116 Å². The number of methoxy groups -OCH3 is 1. The van der Waals surface area contributed by atoms with Crippen molar-refractivity contribution in [2.45, 2.75) is 188 Å². The highest BCUT2D eigenvalue weighted by Gasteiger charge is 2.77. The van der Waals surface area contributed by atoms with E-state index in [4.69, 9.17) is 38.0 Å². The van der Waals surface area contributed by atoms with E-state index >= 15 is 0 Å². The predicted molar refractivity (Wildman–Crippen MR) is 440 cm³/mol. The molecule has 6 amide bonds. The summed E-state index contributed by atoms with van der Waals surface area (Å²) in [6.07, 6.45) is 3.62. The lowest BCUT2D eigenvalue weighted by Gasteiger charge is -2.68. The zero-order chi connectivity index (χ0) is 86.6. The number of carboxylic acids is 2. The number of furan rings is 3. The van der Waals surface area contributed by atoms with Crippen LogP contribution in [0.1, 0.15) is 204 Å². The molecule has 10 aliphatic rings. The fraction of sp³-hybridized carbons (Fsp3) is 0.484. The number of benzene rings is 3. The lowest BCUT2D eigenvalue weighted by molar-refractivity contribution is -0.229. The van der Waals surface area contributed by atoms with E-state index in [1.54, 1.807) is 79.1 Å². The lowest BCUT2D eigenvalue weighted by atomic mass is 9.34. The predicted octanol–water partition coefficient (Wildman–Crippen LogP) is 15.7. The Balaban J connectivity index is 0.000000140. The van der Waals surface area contributed by atoms with Gasteiger partial charge in [0.2, 0.25) is 17.7 Å². The zero-order valence-electron chi connectivity index (χ0n) is 70.9. The Morgan fingerprint density at radius 2 is 0.700 bits per heavy atom. The summed E-state index contributed by atoms with van der Waals surface area (Å²) in [5.74, 6) is -3.77. The Morgan fingerprint density at radius 3 is 0.975 bits per heavy atom. The number of carbonyl (C=O) groups is 9. The minimum atomic E-state index is -0.852. The number of ether oxygens (including phenoxy) is 1. The van der Waals surface area contributed by atoms with Crippen LogP contribution in [0.3, 0.4) is 0 Å². The SMILES string of the molecule is CC(C)(C)c1cc(-c2ccc(F)cc2)nc2cc(C(=O)N3CCN(C(=O)C45CC(C(=O)O)(C4)C5)CC3(C)C)oc12.CC(C)(C)c1cc(-c2ccc(F)cc2)nc2cc(C(=O)N3CCN(C(=O)C4CC(C(=O)O)C4)CC3(C)C)oc12.COC(=O)C12CC(C(=O)N3CCN(C(=O)c4cc5nc(-c6ccc(F)cc6)cc(C(C)(C)C)c5o4)C(C)(C)C3)(C1)C2. The molecule has 19 rings (SSSR count). The first-order chi connectivity index (χ1) is 56.1. The van der Waals surface area contributed by atoms with Crippen LogP contribution < -0.4 is 0 Å². The quantitative estimate of drug-likeness (QED) is 0.107. The summed E-state index contributed by atoms with van der Waals surface area (Å²) in [6.45, 7) is 33.5. The molecule has 0 spiro atoms. The van der Waals surface area contributed by atoms with Gasteiger partial charge < -0.3 is 57.6 Å². The summed E-state index contributed by atoms with van der Waals surface area (Å²) in [5.41, 5.74) is 5.27. The third-order valence-electron chi connectivity index (χ3n) is 26.1. The highest BCUT2D eigenvalue weighted by Crippen LogP contribution is 2.75. The van der Waals surface area contributed by atoms with Gasteiger partial charge in [0.1, 0.15) is 34.0 Å². The van der Waals surface area contributed by atoms with Gasteiger partial charge in [0.25, 0.3) is 17.7 Å². The van der Waals surface area contributed by atoms with E-state index < -0.39 is 56.1 Å². The van der Waals surface area contributed by atoms with Gasteiger partial charge >= 0.3 is 17.9 Å². The second-order valence-electron chi connectivity index (χ2n) is 39.6. The third kappa shape index (κ3) is 14.9. The van der Waals surface area contributed by atoms with E-state index in [1.165, 1.54) is 43.5 Å². The Hall–Kier alpha value is -11.3. The minimum Gasteiger partial charge on any atom is -0.481 e. The van der Waals surface area contributed by atoms with Gasteiger partial charge in [-0.25, -0.2) is 28.1 Å². The van der Waals surface area contributed by atoms with Gasteiger partial charge in [-0.1, -0.05) is 62.3 Å². The van der Waals surface area contributed by atoms with Crippen LogP contribution in [-0.2, 0) is 49.7 Å². The molecule has 632 valence electrons. The van der Waals surface area contributed by atoms with Crippen molar-refractivity contribution in [2.24, 2.45) is 33.5 Å². The van der Waals surface area contributed by atoms with Gasteiger partial charge in [-0.15, -0.1) is 0 Å². The molecule has 9 heterocycles. The Bertz CT molecular complexity index is 5660. The molecule has 0 unspecified atom stereocenters. The molecule has 0 radical (unpaired) electrons. The molecule has 27 heteroatoms. The molecule has 7 aliphatic carbocycles. The smallest absolute Gasteiger partial charge is 0.311 e. The Morgan fingerprint density at radius 1 is 0.408 bits per heavy atom. The number of fused-ring (bicyclic) bond motifs is 3. The first-order valence-electron chi connectivity index (χ1n) is 41.1. The number of amides is 6. The van der Waals surface area contributed by atoms with Crippen LogP contribution in [0.15, 0.2) is 122 Å². The number of halogens is 3. The maximum absolute atomic E-state index is 13.8. The summed E-state index contributed by atoms with van der Waals surface area (Å²) >= 11 is 0. The van der Waals surface area contributed by atoms with Crippen LogP contribution in [0.4, 0.5) is 13.2 Å². The van der Waals surface area contributed by atoms with Crippen molar-refractivity contribution in [3.8, 4) is 33.8 Å². The van der Waals surface area contributed by atoms with Crippen molar-refractivity contribution >= 4 is 86.7 Å². The van der Waals surface area contributed by atoms with Crippen molar-refractivity contribution in [2.75, 3.05) is 66.0 Å². The fourth-order valence-corrected chi connectivity index (χ4v) is 19.5. The summed E-state index contributed by atoms with van der Waals surface area (Å²) in [6, 6.07) is 29.3. The number of aliphatic carboxylic acids is 2. The van der Waals surface area contributed by atoms with Gasteiger partial charge in [0.05, 0.1) is 68.4 Å². The molecule has 9 aromatic rings. The molecule has 3 aliphatic heterocycles. The number of aromatic nitrogens is 3. The maximum atomic E-state index is 13.8. The van der Waals surface area contributed by atoms with Crippen LogP contribution >= 0.6 is 0 Å². The monoisotopic (exact) mass is 1640 g/mol. The number of hydrogen-bond donors (Lipinski definition) is 2. The number of esters is 1. The van der Waals surface area contributed by atoms with E-state index in [1.807, 2.05) is 64.6 Å². The molecular formula is C93H104F3N9O15. The average molecular weight is 1640 g/mol. The van der Waals surface area contributed by atoms with E-state index in [2.05, 4.69) is 62.3 Å².